The number of methoxy groups -OCH3 is 1. The minimum Gasteiger partial charge on any atom is -0.463 e. The molecule has 94 valence electrons. The van der Waals surface area contributed by atoms with Crippen LogP contribution in [0.3, 0.4) is 0 Å². The largest absolute Gasteiger partial charge is 0.463 e. The van der Waals surface area contributed by atoms with Gasteiger partial charge in [-0.3, -0.25) is 0 Å². The van der Waals surface area contributed by atoms with E-state index < -0.39 is 12.1 Å². The molecule has 0 N–H and O–H groups in total. The second kappa shape index (κ2) is 4.01. The molecule has 0 aliphatic carbocycles. The summed E-state index contributed by atoms with van der Waals surface area (Å²) in [4.78, 5) is 13.3. The first kappa shape index (κ1) is 11.1. The maximum Gasteiger partial charge on any atom is 0.373 e. The zero-order chi connectivity index (χ0) is 12.7. The Morgan fingerprint density at radius 1 is 1.44 bits per heavy atom. The quantitative estimate of drug-likeness (QED) is 0.766. The number of nitrogens with zero attached hydrogens (tertiary/aromatic N) is 1. The molecule has 4 nitrogen and oxygen atoms in total. The third-order valence-electron chi connectivity index (χ3n) is 3.09. The molecule has 1 aliphatic rings. The zero-order valence-corrected chi connectivity index (χ0v) is 9.85. The van der Waals surface area contributed by atoms with E-state index in [4.69, 9.17) is 4.42 Å². The number of esters is 1. The van der Waals surface area contributed by atoms with Gasteiger partial charge in [0.1, 0.15) is 11.8 Å². The van der Waals surface area contributed by atoms with Crippen LogP contribution in [0.4, 0.5) is 10.1 Å². The highest BCUT2D eigenvalue weighted by Crippen LogP contribution is 2.28. The third kappa shape index (κ3) is 1.72. The standard InChI is InChI=1S/C13H12FNO3/c1-17-13(16)12-4-8-2-3-10(5-11(8)18-12)15-6-9(14)7-15/h2-5,9H,6-7H2,1H3. The number of ether oxygens (including phenoxy) is 1. The van der Waals surface area contributed by atoms with Crippen LogP contribution in [-0.4, -0.2) is 32.3 Å². The predicted octanol–water partition coefficient (Wildman–Crippen LogP) is 2.38. The molecule has 18 heavy (non-hydrogen) atoms. The number of rotatable bonds is 2. The monoisotopic (exact) mass is 249 g/mol. The molecule has 0 saturated carbocycles. The summed E-state index contributed by atoms with van der Waals surface area (Å²) in [6, 6.07) is 7.20. The Hall–Kier alpha value is -2.04. The van der Waals surface area contributed by atoms with Crippen LogP contribution < -0.4 is 4.90 Å². The van der Waals surface area contributed by atoms with E-state index in [1.807, 2.05) is 23.1 Å². The Balaban J connectivity index is 1.94. The molecule has 1 aromatic heterocycles. The van der Waals surface area contributed by atoms with Gasteiger partial charge in [-0.05, 0) is 18.2 Å². The Kier molecular flexibility index (Phi) is 2.47. The van der Waals surface area contributed by atoms with E-state index in [9.17, 15) is 9.18 Å². The molecule has 0 atom stereocenters. The number of anilines is 1. The molecular formula is C13H12FNO3. The van der Waals surface area contributed by atoms with Gasteiger partial charge in [-0.25, -0.2) is 9.18 Å². The van der Waals surface area contributed by atoms with Crippen LogP contribution in [0.5, 0.6) is 0 Å². The molecule has 1 fully saturated rings. The fourth-order valence-corrected chi connectivity index (χ4v) is 2.05. The summed E-state index contributed by atoms with van der Waals surface area (Å²) < 4.78 is 22.8. The zero-order valence-electron chi connectivity index (χ0n) is 9.85. The SMILES string of the molecule is COC(=O)c1cc2ccc(N3CC(F)C3)cc2o1. The molecule has 5 heteroatoms. The summed E-state index contributed by atoms with van der Waals surface area (Å²) in [5, 5.41) is 0.830. The Morgan fingerprint density at radius 2 is 2.22 bits per heavy atom. The van der Waals surface area contributed by atoms with Crippen LogP contribution in [-0.2, 0) is 4.74 Å². The summed E-state index contributed by atoms with van der Waals surface area (Å²) in [6.07, 6.45) is -0.747. The minimum absolute atomic E-state index is 0.177. The topological polar surface area (TPSA) is 42.7 Å². The van der Waals surface area contributed by atoms with E-state index in [1.165, 1.54) is 7.11 Å². The van der Waals surface area contributed by atoms with Gasteiger partial charge in [0.15, 0.2) is 0 Å². The minimum atomic E-state index is -0.747. The highest BCUT2D eigenvalue weighted by atomic mass is 19.1. The van der Waals surface area contributed by atoms with Crippen molar-refractivity contribution in [1.29, 1.82) is 0 Å². The van der Waals surface area contributed by atoms with Gasteiger partial charge in [0.2, 0.25) is 5.76 Å². The molecule has 0 unspecified atom stereocenters. The highest BCUT2D eigenvalue weighted by molar-refractivity contribution is 5.93. The molecule has 0 spiro atoms. The molecule has 2 heterocycles. The van der Waals surface area contributed by atoms with E-state index in [0.717, 1.165) is 11.1 Å². The molecular weight excluding hydrogens is 237 g/mol. The van der Waals surface area contributed by atoms with Crippen LogP contribution in [0, 0.1) is 0 Å². The lowest BCUT2D eigenvalue weighted by Gasteiger charge is -2.36. The lowest BCUT2D eigenvalue weighted by molar-refractivity contribution is 0.0567. The van der Waals surface area contributed by atoms with E-state index >= 15 is 0 Å². The highest BCUT2D eigenvalue weighted by Gasteiger charge is 2.26. The van der Waals surface area contributed by atoms with Crippen molar-refractivity contribution < 1.29 is 18.3 Å². The lowest BCUT2D eigenvalue weighted by atomic mass is 10.1. The molecule has 1 aliphatic heterocycles. The second-order valence-electron chi connectivity index (χ2n) is 4.33. The Morgan fingerprint density at radius 3 is 2.89 bits per heavy atom. The average Bonchev–Trinajstić information content (AvgIpc) is 2.76. The van der Waals surface area contributed by atoms with Crippen molar-refractivity contribution in [2.75, 3.05) is 25.1 Å². The van der Waals surface area contributed by atoms with Gasteiger partial charge in [0, 0.05) is 17.1 Å². The summed E-state index contributed by atoms with van der Waals surface area (Å²) in [6.45, 7) is 0.826. The number of alkyl halides is 1. The van der Waals surface area contributed by atoms with Crippen molar-refractivity contribution in [3.05, 3.63) is 30.0 Å². The average molecular weight is 249 g/mol. The van der Waals surface area contributed by atoms with Crippen molar-refractivity contribution in [3.8, 4) is 0 Å². The first-order valence-corrected chi connectivity index (χ1v) is 5.68. The van der Waals surface area contributed by atoms with Crippen LogP contribution in [0.25, 0.3) is 11.0 Å². The summed E-state index contributed by atoms with van der Waals surface area (Å²) >= 11 is 0. The Labute approximate surface area is 103 Å². The van der Waals surface area contributed by atoms with Gasteiger partial charge in [-0.1, -0.05) is 0 Å². The van der Waals surface area contributed by atoms with E-state index in [-0.39, 0.29) is 5.76 Å². The Bertz CT molecular complexity index is 601. The number of hydrogen-bond donors (Lipinski definition) is 0. The molecule has 1 aromatic carbocycles. The predicted molar refractivity (Wildman–Crippen MR) is 64.7 cm³/mol. The van der Waals surface area contributed by atoms with E-state index in [0.29, 0.717) is 18.7 Å². The summed E-state index contributed by atoms with van der Waals surface area (Å²) in [7, 11) is 1.31. The van der Waals surface area contributed by atoms with Crippen LogP contribution in [0.2, 0.25) is 0 Å². The fourth-order valence-electron chi connectivity index (χ4n) is 2.05. The van der Waals surface area contributed by atoms with Gasteiger partial charge >= 0.3 is 5.97 Å². The lowest BCUT2D eigenvalue weighted by Crippen LogP contribution is -2.48. The second-order valence-corrected chi connectivity index (χ2v) is 4.33. The number of carbonyl (C=O) groups excluding carboxylic acids is 1. The molecule has 0 radical (unpaired) electrons. The van der Waals surface area contributed by atoms with Crippen LogP contribution in [0.1, 0.15) is 10.6 Å². The van der Waals surface area contributed by atoms with Crippen molar-refractivity contribution in [1.82, 2.24) is 0 Å². The van der Waals surface area contributed by atoms with Crippen LogP contribution in [0.15, 0.2) is 28.7 Å². The van der Waals surface area contributed by atoms with Gasteiger partial charge in [-0.15, -0.1) is 0 Å². The summed E-state index contributed by atoms with van der Waals surface area (Å²) in [5.74, 6) is -0.322. The smallest absolute Gasteiger partial charge is 0.373 e. The maximum absolute atomic E-state index is 12.8. The maximum atomic E-state index is 12.8. The van der Waals surface area contributed by atoms with Crippen molar-refractivity contribution >= 4 is 22.6 Å². The van der Waals surface area contributed by atoms with Gasteiger partial charge in [-0.2, -0.15) is 0 Å². The van der Waals surface area contributed by atoms with Gasteiger partial charge < -0.3 is 14.1 Å². The van der Waals surface area contributed by atoms with Crippen molar-refractivity contribution in [3.63, 3.8) is 0 Å². The molecule has 1 saturated heterocycles. The number of halogens is 1. The van der Waals surface area contributed by atoms with Crippen LogP contribution >= 0.6 is 0 Å². The van der Waals surface area contributed by atoms with Gasteiger partial charge in [0.05, 0.1) is 20.2 Å². The van der Waals surface area contributed by atoms with Gasteiger partial charge in [0.25, 0.3) is 0 Å². The molecule has 3 rings (SSSR count). The molecule has 2 aromatic rings. The first-order valence-electron chi connectivity index (χ1n) is 5.68. The van der Waals surface area contributed by atoms with Crippen molar-refractivity contribution in [2.24, 2.45) is 0 Å². The number of fused-ring (bicyclic) bond motifs is 1. The fraction of sp³-hybridized carbons (Fsp3) is 0.308. The number of benzene rings is 1. The first-order chi connectivity index (χ1) is 8.67. The van der Waals surface area contributed by atoms with Crippen molar-refractivity contribution in [2.45, 2.75) is 6.17 Å². The number of carbonyl (C=O) groups is 1. The van der Waals surface area contributed by atoms with E-state index in [2.05, 4.69) is 4.74 Å². The molecule has 0 bridgehead atoms. The molecule has 0 amide bonds. The summed E-state index contributed by atoms with van der Waals surface area (Å²) in [5.41, 5.74) is 1.51. The number of furan rings is 1. The number of hydrogen-bond acceptors (Lipinski definition) is 4. The normalized spacial score (nSPS) is 15.8. The van der Waals surface area contributed by atoms with E-state index in [1.54, 1.807) is 6.07 Å². The third-order valence-corrected chi connectivity index (χ3v) is 3.09.